The number of rotatable bonds is 59. The lowest BCUT2D eigenvalue weighted by molar-refractivity contribution is -0.143. The Bertz CT molecular complexity index is 1090. The molecule has 0 aliphatic rings. The van der Waals surface area contributed by atoms with Crippen molar-refractivity contribution in [1.82, 2.24) is 5.32 Å². The van der Waals surface area contributed by atoms with E-state index in [2.05, 4.69) is 43.5 Å². The maximum Gasteiger partial charge on any atom is 0.305 e. The van der Waals surface area contributed by atoms with E-state index in [9.17, 15) is 19.8 Å². The number of carbonyl (C=O) groups is 2. The molecule has 0 saturated heterocycles. The second kappa shape index (κ2) is 59.9. The lowest BCUT2D eigenvalue weighted by atomic mass is 10.0. The number of ether oxygens (including phenoxy) is 1. The molecule has 0 heterocycles. The fourth-order valence-electron chi connectivity index (χ4n) is 9.91. The van der Waals surface area contributed by atoms with Crippen LogP contribution in [0.5, 0.6) is 0 Å². The Labute approximate surface area is 437 Å². The highest BCUT2D eigenvalue weighted by molar-refractivity contribution is 5.76. The number of esters is 1. The van der Waals surface area contributed by atoms with Crippen molar-refractivity contribution in [2.45, 2.75) is 360 Å². The zero-order valence-corrected chi connectivity index (χ0v) is 47.3. The number of hydrogen-bond acceptors (Lipinski definition) is 5. The minimum Gasteiger partial charge on any atom is -0.466 e. The summed E-state index contributed by atoms with van der Waals surface area (Å²) in [5.74, 6) is -0.0424. The summed E-state index contributed by atoms with van der Waals surface area (Å²) in [5, 5.41) is 23.4. The number of nitrogens with one attached hydrogen (secondary N) is 1. The van der Waals surface area contributed by atoms with E-state index in [0.717, 1.165) is 51.4 Å². The number of aliphatic hydroxyl groups excluding tert-OH is 2. The molecule has 0 aromatic heterocycles. The molecule has 0 rings (SSSR count). The van der Waals surface area contributed by atoms with E-state index in [4.69, 9.17) is 4.74 Å². The molecule has 2 atom stereocenters. The van der Waals surface area contributed by atoms with E-state index in [1.807, 2.05) is 0 Å². The van der Waals surface area contributed by atoms with Gasteiger partial charge < -0.3 is 20.3 Å². The van der Waals surface area contributed by atoms with Crippen LogP contribution in [0.2, 0.25) is 0 Å². The number of hydrogen-bond donors (Lipinski definition) is 3. The summed E-state index contributed by atoms with van der Waals surface area (Å²) in [6.45, 7) is 4.94. The van der Waals surface area contributed by atoms with Crippen LogP contribution in [0.1, 0.15) is 348 Å². The summed E-state index contributed by atoms with van der Waals surface area (Å²) in [6, 6.07) is -0.548. The van der Waals surface area contributed by atoms with Gasteiger partial charge in [0.15, 0.2) is 0 Å². The molecule has 3 N–H and O–H groups in total. The first-order chi connectivity index (χ1) is 34.5. The molecule has 0 fully saturated rings. The highest BCUT2D eigenvalue weighted by Crippen LogP contribution is 2.18. The Kier molecular flexibility index (Phi) is 58.5. The van der Waals surface area contributed by atoms with Gasteiger partial charge in [-0.1, -0.05) is 301 Å². The van der Waals surface area contributed by atoms with Crippen molar-refractivity contribution in [1.29, 1.82) is 0 Å². The lowest BCUT2D eigenvalue weighted by Crippen LogP contribution is -2.45. The molecule has 414 valence electrons. The fraction of sp³-hybridized carbons (Fsp3) is 0.906. The lowest BCUT2D eigenvalue weighted by Gasteiger charge is -2.22. The first-order valence-corrected chi connectivity index (χ1v) is 31.6. The van der Waals surface area contributed by atoms with Gasteiger partial charge >= 0.3 is 5.97 Å². The Balaban J connectivity index is 3.42. The van der Waals surface area contributed by atoms with Crippen LogP contribution >= 0.6 is 0 Å². The summed E-state index contributed by atoms with van der Waals surface area (Å²) >= 11 is 0. The fourth-order valence-corrected chi connectivity index (χ4v) is 9.91. The SMILES string of the molecule is CCCCC/C=C\C/C=C\CCCCCCCCCC(=O)OCCCCCCCCCCCCCCCCCCC(=O)NC(CO)C(O)CCCCCCCCCCCCCCCCCCCCCC. The van der Waals surface area contributed by atoms with Crippen LogP contribution in [0, 0.1) is 0 Å². The van der Waals surface area contributed by atoms with Gasteiger partial charge in [-0.2, -0.15) is 0 Å². The first kappa shape index (κ1) is 68.3. The second-order valence-electron chi connectivity index (χ2n) is 21.7. The normalized spacial score (nSPS) is 12.7. The van der Waals surface area contributed by atoms with Gasteiger partial charge in [0.2, 0.25) is 5.91 Å². The van der Waals surface area contributed by atoms with Gasteiger partial charge in [-0.05, 0) is 57.8 Å². The van der Waals surface area contributed by atoms with Crippen molar-refractivity contribution in [2.24, 2.45) is 0 Å². The highest BCUT2D eigenvalue weighted by atomic mass is 16.5. The maximum atomic E-state index is 12.5. The summed E-state index contributed by atoms with van der Waals surface area (Å²) in [6.07, 6.45) is 73.2. The van der Waals surface area contributed by atoms with Crippen LogP contribution in [-0.2, 0) is 14.3 Å². The molecular weight excluding hydrogens is 863 g/mol. The van der Waals surface area contributed by atoms with Gasteiger partial charge in [0.1, 0.15) is 0 Å². The van der Waals surface area contributed by atoms with Crippen molar-refractivity contribution in [3.63, 3.8) is 0 Å². The van der Waals surface area contributed by atoms with Crippen LogP contribution in [0.15, 0.2) is 24.3 Å². The highest BCUT2D eigenvalue weighted by Gasteiger charge is 2.20. The number of amides is 1. The summed E-state index contributed by atoms with van der Waals surface area (Å²) in [5.41, 5.74) is 0. The monoisotopic (exact) mass is 986 g/mol. The molecule has 0 aliphatic heterocycles. The van der Waals surface area contributed by atoms with E-state index in [0.29, 0.717) is 25.9 Å². The molecule has 2 unspecified atom stereocenters. The average molecular weight is 987 g/mol. The van der Waals surface area contributed by atoms with E-state index >= 15 is 0 Å². The topological polar surface area (TPSA) is 95.9 Å². The van der Waals surface area contributed by atoms with Gasteiger partial charge in [-0.15, -0.1) is 0 Å². The van der Waals surface area contributed by atoms with Gasteiger partial charge in [0.25, 0.3) is 0 Å². The number of aliphatic hydroxyl groups is 2. The van der Waals surface area contributed by atoms with Crippen LogP contribution < -0.4 is 5.32 Å². The van der Waals surface area contributed by atoms with Gasteiger partial charge in [0, 0.05) is 12.8 Å². The molecule has 6 heteroatoms. The van der Waals surface area contributed by atoms with Gasteiger partial charge in [-0.25, -0.2) is 0 Å². The molecule has 0 radical (unpaired) electrons. The molecule has 6 nitrogen and oxygen atoms in total. The van der Waals surface area contributed by atoms with E-state index in [-0.39, 0.29) is 18.5 Å². The van der Waals surface area contributed by atoms with Crippen molar-refractivity contribution in [3.8, 4) is 0 Å². The molecule has 0 bridgehead atoms. The number of unbranched alkanes of at least 4 members (excludes halogenated alkanes) is 44. The van der Waals surface area contributed by atoms with Gasteiger partial charge in [0.05, 0.1) is 25.4 Å². The smallest absolute Gasteiger partial charge is 0.305 e. The standard InChI is InChI=1S/C64H123NO5/c1-3-5-7-9-11-13-15-17-19-21-22-23-25-28-32-36-40-44-48-52-56-62(67)61(60-66)65-63(68)57-53-49-45-41-37-33-29-26-27-31-35-39-43-47-51-55-59-70-64(69)58-54-50-46-42-38-34-30-24-20-18-16-14-12-10-8-6-4-2/h12,14,18,20,61-62,66-67H,3-11,13,15-17,19,21-60H2,1-2H3,(H,65,68)/b14-12-,20-18-. The quantitative estimate of drug-likeness (QED) is 0.0321. The van der Waals surface area contributed by atoms with E-state index in [1.54, 1.807) is 0 Å². The van der Waals surface area contributed by atoms with Gasteiger partial charge in [-0.3, -0.25) is 9.59 Å². The third-order valence-electron chi connectivity index (χ3n) is 14.8. The maximum absolute atomic E-state index is 12.5. The van der Waals surface area contributed by atoms with Crippen molar-refractivity contribution >= 4 is 11.9 Å². The number of carbonyl (C=O) groups excluding carboxylic acids is 2. The largest absolute Gasteiger partial charge is 0.466 e. The Morgan fingerprint density at radius 3 is 1.11 bits per heavy atom. The summed E-state index contributed by atoms with van der Waals surface area (Å²) in [7, 11) is 0. The van der Waals surface area contributed by atoms with Crippen molar-refractivity contribution in [3.05, 3.63) is 24.3 Å². The van der Waals surface area contributed by atoms with Crippen LogP contribution in [0.4, 0.5) is 0 Å². The summed E-state index contributed by atoms with van der Waals surface area (Å²) in [4.78, 5) is 24.6. The molecule has 0 aliphatic carbocycles. The summed E-state index contributed by atoms with van der Waals surface area (Å²) < 4.78 is 5.49. The first-order valence-electron chi connectivity index (χ1n) is 31.6. The Morgan fingerprint density at radius 2 is 0.714 bits per heavy atom. The third kappa shape index (κ3) is 55.7. The molecule has 1 amide bonds. The predicted octanol–water partition coefficient (Wildman–Crippen LogP) is 19.8. The molecule has 0 aromatic carbocycles. The Morgan fingerprint density at radius 1 is 0.400 bits per heavy atom. The molecule has 0 aromatic rings. The van der Waals surface area contributed by atoms with E-state index < -0.39 is 12.1 Å². The molecule has 0 saturated carbocycles. The third-order valence-corrected chi connectivity index (χ3v) is 14.8. The van der Waals surface area contributed by atoms with E-state index in [1.165, 1.54) is 263 Å². The average Bonchev–Trinajstić information content (AvgIpc) is 3.36. The molecule has 70 heavy (non-hydrogen) atoms. The minimum absolute atomic E-state index is 0.00370. The minimum atomic E-state index is -0.670. The molecular formula is C64H123NO5. The molecule has 0 spiro atoms. The number of allylic oxidation sites excluding steroid dienone is 4. The van der Waals surface area contributed by atoms with Crippen LogP contribution in [0.3, 0.4) is 0 Å². The van der Waals surface area contributed by atoms with Crippen LogP contribution in [0.25, 0.3) is 0 Å². The zero-order chi connectivity index (χ0) is 50.7. The van der Waals surface area contributed by atoms with Crippen molar-refractivity contribution < 1.29 is 24.5 Å². The van der Waals surface area contributed by atoms with Crippen molar-refractivity contribution in [2.75, 3.05) is 13.2 Å². The second-order valence-corrected chi connectivity index (χ2v) is 21.7. The predicted molar refractivity (Wildman–Crippen MR) is 306 cm³/mol. The van der Waals surface area contributed by atoms with Crippen LogP contribution in [-0.4, -0.2) is 47.4 Å². The Hall–Kier alpha value is -1.66. The zero-order valence-electron chi connectivity index (χ0n) is 47.3.